The molecule has 0 bridgehead atoms. The first kappa shape index (κ1) is 55.2. The highest BCUT2D eigenvalue weighted by Crippen LogP contribution is 2.32. The van der Waals surface area contributed by atoms with Crippen molar-refractivity contribution in [2.24, 2.45) is 0 Å². The van der Waals surface area contributed by atoms with Crippen LogP contribution in [0.15, 0.2) is 120 Å². The second kappa shape index (κ2) is 39.6. The zero-order valence-corrected chi connectivity index (χ0v) is 40.4. The maximum atomic E-state index is 11.0. The summed E-state index contributed by atoms with van der Waals surface area (Å²) >= 11 is 1.06. The zero-order chi connectivity index (χ0) is 45.3. The molecule has 0 saturated carbocycles. The minimum atomic E-state index is -1.30. The number of carboxylic acids is 2. The van der Waals surface area contributed by atoms with E-state index in [1.807, 2.05) is 0 Å². The Morgan fingerprint density at radius 2 is 0.619 bits per heavy atom. The van der Waals surface area contributed by atoms with E-state index >= 15 is 0 Å². The molecule has 0 fully saturated rings. The van der Waals surface area contributed by atoms with Crippen molar-refractivity contribution >= 4 is 23.7 Å². The maximum Gasteiger partial charge on any atom is 0.168 e. The second-order valence-corrected chi connectivity index (χ2v) is 18.2. The van der Waals surface area contributed by atoms with Gasteiger partial charge in [-0.15, -0.1) is 0 Å². The number of aryl methyl sites for hydroxylation is 2. The van der Waals surface area contributed by atoms with Gasteiger partial charge in [-0.1, -0.05) is 228 Å². The molecule has 7 heteroatoms. The Morgan fingerprint density at radius 1 is 0.365 bits per heavy atom. The van der Waals surface area contributed by atoms with Gasteiger partial charge >= 0.3 is 0 Å². The van der Waals surface area contributed by atoms with Gasteiger partial charge in [0.15, 0.2) is 24.8 Å². The van der Waals surface area contributed by atoms with E-state index in [9.17, 15) is 19.8 Å². The Hall–Kier alpha value is -3.97. The van der Waals surface area contributed by atoms with Crippen molar-refractivity contribution in [3.63, 3.8) is 0 Å². The molecule has 2 aromatic carbocycles. The summed E-state index contributed by atoms with van der Waals surface area (Å²) in [6.45, 7) is 6.94. The van der Waals surface area contributed by atoms with Gasteiger partial charge in [0.05, 0.1) is 11.9 Å². The van der Waals surface area contributed by atoms with E-state index in [4.69, 9.17) is 0 Å². The third kappa shape index (κ3) is 29.9. The fourth-order valence-corrected chi connectivity index (χ4v) is 8.76. The van der Waals surface area contributed by atoms with Crippen LogP contribution in [-0.4, -0.2) is 11.9 Å². The summed E-state index contributed by atoms with van der Waals surface area (Å²) in [5.41, 5.74) is 0.0568. The predicted molar refractivity (Wildman–Crippen MR) is 260 cm³/mol. The molecule has 0 radical (unpaired) electrons. The van der Waals surface area contributed by atoms with E-state index in [0.717, 1.165) is 11.8 Å². The zero-order valence-electron chi connectivity index (χ0n) is 39.5. The molecule has 0 aliphatic carbocycles. The van der Waals surface area contributed by atoms with Crippen LogP contribution in [-0.2, 0) is 13.1 Å². The first-order valence-corrected chi connectivity index (χ1v) is 25.9. The first-order chi connectivity index (χ1) is 31.0. The standard InChI is InChI=1S/2C21H38N.C14H10O4S/c2*1-2-3-4-5-6-7-8-9-10-11-12-13-14-16-19-22-20-17-15-18-21-22;15-13(16)9-5-1-3-7-11(9)19-12-8-4-2-6-10(12)14(17)18/h2*15,17-18,20-21H,2-14,16,19H2,1H3;1-8H,(H,15,16)(H,17,18)/q2*+1;/p-2. The van der Waals surface area contributed by atoms with Crippen LogP contribution < -0.4 is 19.3 Å². The molecule has 6 nitrogen and oxygen atoms in total. The van der Waals surface area contributed by atoms with E-state index < -0.39 is 11.9 Å². The first-order valence-electron chi connectivity index (χ1n) is 25.1. The average Bonchev–Trinajstić information content (AvgIpc) is 3.30. The molecule has 0 saturated heterocycles. The van der Waals surface area contributed by atoms with Crippen LogP contribution in [0.5, 0.6) is 0 Å². The predicted octanol–water partition coefficient (Wildman–Crippen LogP) is 13.5. The maximum absolute atomic E-state index is 11.0. The molecule has 0 spiro atoms. The molecular formula is C56H84N2O4S. The molecule has 4 aromatic rings. The van der Waals surface area contributed by atoms with Crippen molar-refractivity contribution in [3.05, 3.63) is 121 Å². The number of rotatable bonds is 34. The number of hydrogen-bond donors (Lipinski definition) is 0. The third-order valence-corrected chi connectivity index (χ3v) is 12.7. The average molecular weight is 881 g/mol. The van der Waals surface area contributed by atoms with Crippen molar-refractivity contribution in [2.45, 2.75) is 217 Å². The highest BCUT2D eigenvalue weighted by atomic mass is 32.2. The van der Waals surface area contributed by atoms with Gasteiger partial charge < -0.3 is 19.8 Å². The van der Waals surface area contributed by atoms with Crippen molar-refractivity contribution in [3.8, 4) is 0 Å². The number of pyridine rings is 2. The lowest BCUT2D eigenvalue weighted by Crippen LogP contribution is -2.32. The smallest absolute Gasteiger partial charge is 0.168 e. The summed E-state index contributed by atoms with van der Waals surface area (Å²) in [6.07, 6.45) is 48.8. The lowest BCUT2D eigenvalue weighted by atomic mass is 10.0. The molecule has 2 aromatic heterocycles. The molecule has 0 aliphatic rings. The minimum absolute atomic E-state index is 0.0284. The van der Waals surface area contributed by atoms with Gasteiger partial charge in [0.25, 0.3) is 0 Å². The molecular weight excluding hydrogens is 797 g/mol. The van der Waals surface area contributed by atoms with Crippen LogP contribution in [0, 0.1) is 0 Å². The van der Waals surface area contributed by atoms with Gasteiger partial charge in [-0.05, 0) is 25.0 Å². The van der Waals surface area contributed by atoms with Gasteiger partial charge in [-0.25, -0.2) is 9.13 Å². The van der Waals surface area contributed by atoms with Crippen molar-refractivity contribution < 1.29 is 28.9 Å². The molecule has 4 rings (SSSR count). The van der Waals surface area contributed by atoms with Crippen molar-refractivity contribution in [1.82, 2.24) is 0 Å². The summed E-state index contributed by atoms with van der Waals surface area (Å²) in [6, 6.07) is 25.2. The molecule has 0 amide bonds. The summed E-state index contributed by atoms with van der Waals surface area (Å²) in [7, 11) is 0. The molecule has 0 atom stereocenters. The Balaban J connectivity index is 0.000000326. The molecule has 348 valence electrons. The van der Waals surface area contributed by atoms with Crippen LogP contribution in [0.3, 0.4) is 0 Å². The minimum Gasteiger partial charge on any atom is -0.545 e. The van der Waals surface area contributed by atoms with E-state index in [1.54, 1.807) is 36.4 Å². The number of nitrogens with zero attached hydrogens (tertiary/aromatic N) is 2. The Bertz CT molecular complexity index is 1550. The number of aromatic carboxylic acids is 2. The van der Waals surface area contributed by atoms with Crippen molar-refractivity contribution in [1.29, 1.82) is 0 Å². The largest absolute Gasteiger partial charge is 0.545 e. The molecule has 0 unspecified atom stereocenters. The van der Waals surface area contributed by atoms with E-state index in [2.05, 4.69) is 84.2 Å². The monoisotopic (exact) mass is 881 g/mol. The van der Waals surface area contributed by atoms with Crippen LogP contribution in [0.4, 0.5) is 0 Å². The van der Waals surface area contributed by atoms with Crippen LogP contribution in [0.2, 0.25) is 0 Å². The Kier molecular flexibility index (Phi) is 34.7. The van der Waals surface area contributed by atoms with E-state index in [1.165, 1.54) is 205 Å². The van der Waals surface area contributed by atoms with Crippen molar-refractivity contribution in [2.75, 3.05) is 0 Å². The van der Waals surface area contributed by atoms with Gasteiger partial charge in [0, 0.05) is 58.0 Å². The normalized spacial score (nSPS) is 10.7. The number of unbranched alkanes of at least 4 members (excludes halogenated alkanes) is 26. The number of carboxylic acid groups (broad SMARTS) is 2. The lowest BCUT2D eigenvalue weighted by Gasteiger charge is -2.13. The van der Waals surface area contributed by atoms with E-state index in [0.29, 0.717) is 9.79 Å². The fourth-order valence-electron chi connectivity index (χ4n) is 7.71. The lowest BCUT2D eigenvalue weighted by molar-refractivity contribution is -0.697. The van der Waals surface area contributed by atoms with E-state index in [-0.39, 0.29) is 11.1 Å². The van der Waals surface area contributed by atoms with Crippen LogP contribution in [0.25, 0.3) is 0 Å². The molecule has 2 heterocycles. The number of benzene rings is 2. The van der Waals surface area contributed by atoms with Gasteiger partial charge in [0.2, 0.25) is 0 Å². The molecule has 0 aliphatic heterocycles. The summed E-state index contributed by atoms with van der Waals surface area (Å²) in [5.74, 6) is -2.59. The third-order valence-electron chi connectivity index (χ3n) is 11.5. The highest BCUT2D eigenvalue weighted by Gasteiger charge is 2.09. The summed E-state index contributed by atoms with van der Waals surface area (Å²) in [4.78, 5) is 22.8. The van der Waals surface area contributed by atoms with Crippen LogP contribution in [0.1, 0.15) is 214 Å². The number of carbonyl (C=O) groups is 2. The fraction of sp³-hybridized carbons (Fsp3) is 0.571. The molecule has 63 heavy (non-hydrogen) atoms. The quantitative estimate of drug-likeness (QED) is 0.0344. The Morgan fingerprint density at radius 3 is 0.889 bits per heavy atom. The SMILES string of the molecule is CCCCCCCCCCCCCCCC[n+]1ccccc1.CCCCCCCCCCCCCCCC[n+]1ccccc1.O=C([O-])c1ccccc1Sc1ccccc1C(=O)[O-]. The highest BCUT2D eigenvalue weighted by molar-refractivity contribution is 7.99. The van der Waals surface area contributed by atoms with Crippen LogP contribution >= 0.6 is 11.8 Å². The number of hydrogen-bond acceptors (Lipinski definition) is 5. The molecule has 0 N–H and O–H groups in total. The van der Waals surface area contributed by atoms with Gasteiger partial charge in [0.1, 0.15) is 13.1 Å². The Labute approximate surface area is 388 Å². The number of aromatic nitrogens is 2. The van der Waals surface area contributed by atoms with Gasteiger partial charge in [-0.2, -0.15) is 0 Å². The summed E-state index contributed by atoms with van der Waals surface area (Å²) < 4.78 is 4.58. The number of carbonyl (C=O) groups excluding carboxylic acids is 2. The summed E-state index contributed by atoms with van der Waals surface area (Å²) in [5, 5.41) is 22.0. The topological polar surface area (TPSA) is 88.0 Å². The second-order valence-electron chi connectivity index (χ2n) is 17.1. The van der Waals surface area contributed by atoms with Gasteiger partial charge in [-0.3, -0.25) is 0 Å².